The van der Waals surface area contributed by atoms with Crippen LogP contribution in [0.3, 0.4) is 0 Å². The number of benzene rings is 1. The largest absolute Gasteiger partial charge is 0.493 e. The van der Waals surface area contributed by atoms with E-state index in [1.54, 1.807) is 38.9 Å². The summed E-state index contributed by atoms with van der Waals surface area (Å²) in [7, 11) is 4.83. The third kappa shape index (κ3) is 4.75. The molecule has 2 heterocycles. The molecule has 0 atom stereocenters. The topological polar surface area (TPSA) is 70.5 Å². The molecule has 1 fully saturated rings. The molecule has 1 aliphatic carbocycles. The van der Waals surface area contributed by atoms with Crippen LogP contribution in [-0.2, 0) is 0 Å². The number of aryl methyl sites for hydroxylation is 1. The van der Waals surface area contributed by atoms with Crippen LogP contribution < -0.4 is 19.0 Å². The summed E-state index contributed by atoms with van der Waals surface area (Å²) in [6.45, 7) is 1.92. The van der Waals surface area contributed by atoms with Crippen LogP contribution in [0.4, 0.5) is 0 Å². The van der Waals surface area contributed by atoms with E-state index in [0.29, 0.717) is 29.1 Å². The molecule has 32 heavy (non-hydrogen) atoms. The van der Waals surface area contributed by atoms with Gasteiger partial charge in [0.25, 0.3) is 0 Å². The molecule has 8 heteroatoms. The highest BCUT2D eigenvalue weighted by molar-refractivity contribution is 7.07. The van der Waals surface area contributed by atoms with Gasteiger partial charge >= 0.3 is 0 Å². The van der Waals surface area contributed by atoms with Gasteiger partial charge in [-0.15, -0.1) is 11.3 Å². The fourth-order valence-corrected chi connectivity index (χ4v) is 4.84. The van der Waals surface area contributed by atoms with E-state index in [2.05, 4.69) is 5.38 Å². The standard InChI is InChI=1S/C24H29N3O4S/c1-16-10-11-19(31-16)14-25-27-20(15-32-24(27)26-18-8-6-5-7-9-18)17-12-21(28-2)23(30-4)22(13-17)29-3/h10-15,18H,5-9H2,1-4H3. The summed E-state index contributed by atoms with van der Waals surface area (Å²) in [4.78, 5) is 5.91. The molecule has 1 saturated carbocycles. The van der Waals surface area contributed by atoms with E-state index >= 15 is 0 Å². The SMILES string of the molecule is COc1cc(-c2csc(=NC3CCCCC3)n2N=Cc2ccc(C)o2)cc(OC)c1OC. The van der Waals surface area contributed by atoms with Gasteiger partial charge in [0.1, 0.15) is 11.5 Å². The van der Waals surface area contributed by atoms with Crippen molar-refractivity contribution in [3.8, 4) is 28.5 Å². The van der Waals surface area contributed by atoms with Gasteiger partial charge in [0.2, 0.25) is 10.6 Å². The van der Waals surface area contributed by atoms with Crippen LogP contribution in [0.1, 0.15) is 43.6 Å². The van der Waals surface area contributed by atoms with E-state index in [0.717, 1.165) is 34.7 Å². The van der Waals surface area contributed by atoms with E-state index in [1.165, 1.54) is 19.3 Å². The lowest BCUT2D eigenvalue weighted by molar-refractivity contribution is 0.324. The number of nitrogens with zero attached hydrogens (tertiary/aromatic N) is 3. The highest BCUT2D eigenvalue weighted by atomic mass is 32.1. The summed E-state index contributed by atoms with van der Waals surface area (Å²) >= 11 is 1.58. The molecule has 0 spiro atoms. The average Bonchev–Trinajstić information content (AvgIpc) is 3.42. The van der Waals surface area contributed by atoms with Crippen LogP contribution >= 0.6 is 11.3 Å². The Labute approximate surface area is 192 Å². The van der Waals surface area contributed by atoms with Crippen molar-refractivity contribution in [1.82, 2.24) is 4.68 Å². The van der Waals surface area contributed by atoms with Crippen molar-refractivity contribution < 1.29 is 18.6 Å². The Morgan fingerprint density at radius 1 is 1.03 bits per heavy atom. The summed E-state index contributed by atoms with van der Waals surface area (Å²) in [6.07, 6.45) is 7.73. The number of hydrogen-bond acceptors (Lipinski definition) is 7. The Kier molecular flexibility index (Phi) is 6.99. The number of hydrogen-bond donors (Lipinski definition) is 0. The first-order valence-corrected chi connectivity index (χ1v) is 11.7. The maximum absolute atomic E-state index is 5.67. The van der Waals surface area contributed by atoms with E-state index in [9.17, 15) is 0 Å². The normalized spacial score (nSPS) is 15.4. The first-order chi connectivity index (χ1) is 15.6. The number of thiazole rings is 1. The molecule has 0 N–H and O–H groups in total. The minimum absolute atomic E-state index is 0.336. The molecule has 1 aliphatic rings. The lowest BCUT2D eigenvalue weighted by Gasteiger charge is -2.17. The number of rotatable bonds is 7. The van der Waals surface area contributed by atoms with Crippen molar-refractivity contribution in [3.63, 3.8) is 0 Å². The van der Waals surface area contributed by atoms with Gasteiger partial charge < -0.3 is 18.6 Å². The molecule has 0 radical (unpaired) electrons. The second-order valence-corrected chi connectivity index (χ2v) is 8.58. The van der Waals surface area contributed by atoms with Crippen LogP contribution in [0.15, 0.2) is 44.2 Å². The van der Waals surface area contributed by atoms with Crippen LogP contribution in [0.2, 0.25) is 0 Å². The smallest absolute Gasteiger partial charge is 0.206 e. The number of aromatic nitrogens is 1. The highest BCUT2D eigenvalue weighted by Gasteiger charge is 2.18. The predicted molar refractivity (Wildman–Crippen MR) is 126 cm³/mol. The van der Waals surface area contributed by atoms with Crippen molar-refractivity contribution in [3.05, 3.63) is 46.0 Å². The quantitative estimate of drug-likeness (QED) is 0.456. The van der Waals surface area contributed by atoms with E-state index in [1.807, 2.05) is 35.9 Å². The van der Waals surface area contributed by atoms with Gasteiger partial charge in [0.05, 0.1) is 39.3 Å². The molecule has 1 aromatic carbocycles. The molecule has 4 rings (SSSR count). The monoisotopic (exact) mass is 455 g/mol. The van der Waals surface area contributed by atoms with Gasteiger partial charge in [-0.3, -0.25) is 4.99 Å². The van der Waals surface area contributed by atoms with Gasteiger partial charge in [-0.2, -0.15) is 5.10 Å². The molecule has 0 aliphatic heterocycles. The van der Waals surface area contributed by atoms with E-state index in [-0.39, 0.29) is 0 Å². The third-order valence-corrected chi connectivity index (χ3v) is 6.41. The summed E-state index contributed by atoms with van der Waals surface area (Å²) in [5.41, 5.74) is 1.79. The Balaban J connectivity index is 1.83. The van der Waals surface area contributed by atoms with Crippen molar-refractivity contribution in [2.75, 3.05) is 21.3 Å². The molecule has 0 saturated heterocycles. The number of methoxy groups -OCH3 is 3. The minimum Gasteiger partial charge on any atom is -0.493 e. The Bertz CT molecular complexity index is 1130. The lowest BCUT2D eigenvalue weighted by atomic mass is 9.96. The van der Waals surface area contributed by atoms with Crippen LogP contribution in [0, 0.1) is 6.92 Å². The second kappa shape index (κ2) is 10.1. The zero-order chi connectivity index (χ0) is 22.5. The average molecular weight is 456 g/mol. The van der Waals surface area contributed by atoms with Gasteiger partial charge in [0.15, 0.2) is 11.5 Å². The summed E-state index contributed by atoms with van der Waals surface area (Å²) in [6, 6.07) is 8.02. The van der Waals surface area contributed by atoms with Crippen LogP contribution in [-0.4, -0.2) is 38.3 Å². The second-order valence-electron chi connectivity index (χ2n) is 7.74. The maximum Gasteiger partial charge on any atom is 0.206 e. The van der Waals surface area contributed by atoms with E-state index < -0.39 is 0 Å². The molecule has 0 unspecified atom stereocenters. The first-order valence-electron chi connectivity index (χ1n) is 10.8. The summed E-state index contributed by atoms with van der Waals surface area (Å²) in [5, 5.41) is 6.81. The molecule has 0 amide bonds. The van der Waals surface area contributed by atoms with Crippen LogP contribution in [0.5, 0.6) is 17.2 Å². The van der Waals surface area contributed by atoms with Crippen molar-refractivity contribution in [1.29, 1.82) is 0 Å². The minimum atomic E-state index is 0.336. The zero-order valence-corrected chi connectivity index (χ0v) is 19.8. The molecule has 2 aromatic heterocycles. The Morgan fingerprint density at radius 2 is 1.75 bits per heavy atom. The molecule has 7 nitrogen and oxygen atoms in total. The molecular formula is C24H29N3O4S. The van der Waals surface area contributed by atoms with Crippen molar-refractivity contribution in [2.24, 2.45) is 10.1 Å². The molecule has 170 valence electrons. The maximum atomic E-state index is 5.67. The first kappa shape index (κ1) is 22.2. The van der Waals surface area contributed by atoms with E-state index in [4.69, 9.17) is 28.7 Å². The predicted octanol–water partition coefficient (Wildman–Crippen LogP) is 5.26. The number of furan rings is 1. The fraction of sp³-hybridized carbons (Fsp3) is 0.417. The highest BCUT2D eigenvalue weighted by Crippen LogP contribution is 2.41. The number of ether oxygens (including phenoxy) is 3. The van der Waals surface area contributed by atoms with Crippen molar-refractivity contribution >= 4 is 17.6 Å². The van der Waals surface area contributed by atoms with Crippen LogP contribution in [0.25, 0.3) is 11.3 Å². The van der Waals surface area contributed by atoms with Crippen molar-refractivity contribution in [2.45, 2.75) is 45.1 Å². The van der Waals surface area contributed by atoms with Gasteiger partial charge in [0, 0.05) is 10.9 Å². The Morgan fingerprint density at radius 3 is 2.34 bits per heavy atom. The lowest BCUT2D eigenvalue weighted by Crippen LogP contribution is -2.19. The fourth-order valence-electron chi connectivity index (χ4n) is 3.93. The zero-order valence-electron chi connectivity index (χ0n) is 19.0. The molecular weight excluding hydrogens is 426 g/mol. The molecule has 3 aromatic rings. The molecule has 0 bridgehead atoms. The van der Waals surface area contributed by atoms with Gasteiger partial charge in [-0.25, -0.2) is 4.68 Å². The van der Waals surface area contributed by atoms with Gasteiger partial charge in [-0.05, 0) is 44.0 Å². The summed E-state index contributed by atoms with van der Waals surface area (Å²) < 4.78 is 24.1. The third-order valence-electron chi connectivity index (χ3n) is 5.58. The van der Waals surface area contributed by atoms with Gasteiger partial charge in [-0.1, -0.05) is 19.3 Å². The Hall–Kier alpha value is -3.00. The summed E-state index contributed by atoms with van der Waals surface area (Å²) in [5.74, 6) is 3.29.